The van der Waals surface area contributed by atoms with Gasteiger partial charge in [-0.1, -0.05) is 11.3 Å². The average molecular weight is 498 g/mol. The minimum absolute atomic E-state index is 0.00552. The molecule has 0 radical (unpaired) electrons. The van der Waals surface area contributed by atoms with Crippen molar-refractivity contribution in [3.63, 3.8) is 0 Å². The Hall–Kier alpha value is -2.54. The lowest BCUT2D eigenvalue weighted by Gasteiger charge is -2.10. The first-order valence-corrected chi connectivity index (χ1v) is 13.4. The molecule has 1 heterocycles. The summed E-state index contributed by atoms with van der Waals surface area (Å²) in [6.07, 6.45) is 0.155. The zero-order chi connectivity index (χ0) is 23.5. The number of aromatic nitrogens is 1. The number of nitrogens with zero attached hydrogens (tertiary/aromatic N) is 2. The van der Waals surface area contributed by atoms with Crippen LogP contribution in [0.2, 0.25) is 0 Å². The predicted octanol–water partition coefficient (Wildman–Crippen LogP) is 2.75. The van der Waals surface area contributed by atoms with Gasteiger partial charge in [-0.3, -0.25) is 4.79 Å². The zero-order valence-electron chi connectivity index (χ0n) is 17.7. The maximum atomic E-state index is 12.4. The average Bonchev–Trinajstić information content (AvgIpc) is 3.14. The van der Waals surface area contributed by atoms with E-state index in [1.807, 2.05) is 0 Å². The summed E-state index contributed by atoms with van der Waals surface area (Å²) in [4.78, 5) is 16.9. The molecule has 1 amide bonds. The van der Waals surface area contributed by atoms with Crippen LogP contribution in [0.3, 0.4) is 0 Å². The van der Waals surface area contributed by atoms with Crippen LogP contribution in [0.1, 0.15) is 12.8 Å². The van der Waals surface area contributed by atoms with E-state index in [-0.39, 0.29) is 34.3 Å². The van der Waals surface area contributed by atoms with Gasteiger partial charge >= 0.3 is 0 Å². The van der Waals surface area contributed by atoms with E-state index >= 15 is 0 Å². The standard InChI is InChI=1S/C20H23N3O6S3/c1-23(2)32(27,28)16-10-11-17-18(13-16)30-20(21-17)22-19(24)5-4-12-31(25,26)15-8-6-14(29-3)7-9-15/h6-11,13H,4-5,12H2,1-3H3,(H,21,22,24). The van der Waals surface area contributed by atoms with Crippen LogP contribution in [0.25, 0.3) is 10.2 Å². The van der Waals surface area contributed by atoms with Gasteiger partial charge < -0.3 is 10.1 Å². The van der Waals surface area contributed by atoms with Crippen LogP contribution in [0.15, 0.2) is 52.3 Å². The molecule has 2 aromatic carbocycles. The van der Waals surface area contributed by atoms with Gasteiger partial charge in [0.1, 0.15) is 5.75 Å². The fourth-order valence-electron chi connectivity index (χ4n) is 2.84. The summed E-state index contributed by atoms with van der Waals surface area (Å²) in [5.41, 5.74) is 0.560. The molecule has 9 nitrogen and oxygen atoms in total. The third-order valence-corrected chi connectivity index (χ3v) is 9.18. The van der Waals surface area contributed by atoms with Crippen molar-refractivity contribution in [2.24, 2.45) is 0 Å². The van der Waals surface area contributed by atoms with Crippen LogP contribution < -0.4 is 10.1 Å². The normalized spacial score (nSPS) is 12.2. The molecule has 0 saturated heterocycles. The molecule has 0 spiro atoms. The zero-order valence-corrected chi connectivity index (χ0v) is 20.2. The molecule has 12 heteroatoms. The van der Waals surface area contributed by atoms with Crippen molar-refractivity contribution in [2.75, 3.05) is 32.3 Å². The van der Waals surface area contributed by atoms with Crippen LogP contribution in [0, 0.1) is 0 Å². The number of nitrogens with one attached hydrogen (secondary N) is 1. The van der Waals surface area contributed by atoms with Gasteiger partial charge in [0, 0.05) is 20.5 Å². The third-order valence-electron chi connectivity index (χ3n) is 4.62. The lowest BCUT2D eigenvalue weighted by molar-refractivity contribution is -0.116. The van der Waals surface area contributed by atoms with Gasteiger partial charge in [-0.2, -0.15) is 0 Å². The van der Waals surface area contributed by atoms with E-state index in [2.05, 4.69) is 10.3 Å². The SMILES string of the molecule is COc1ccc(S(=O)(=O)CCCC(=O)Nc2nc3ccc(S(=O)(=O)N(C)C)cc3s2)cc1. The Morgan fingerprint density at radius 1 is 1.06 bits per heavy atom. The summed E-state index contributed by atoms with van der Waals surface area (Å²) < 4.78 is 56.1. The Balaban J connectivity index is 1.61. The summed E-state index contributed by atoms with van der Waals surface area (Å²) in [7, 11) is -2.68. The van der Waals surface area contributed by atoms with Gasteiger partial charge in [0.25, 0.3) is 0 Å². The largest absolute Gasteiger partial charge is 0.497 e. The summed E-state index contributed by atoms with van der Waals surface area (Å²) in [5.74, 6) is 0.0268. The highest BCUT2D eigenvalue weighted by atomic mass is 32.2. The number of sulfonamides is 1. The smallest absolute Gasteiger partial charge is 0.242 e. The van der Waals surface area contributed by atoms with Gasteiger partial charge in [0.05, 0.1) is 32.9 Å². The Morgan fingerprint density at radius 2 is 1.72 bits per heavy atom. The Labute approximate surface area is 191 Å². The molecule has 1 aromatic heterocycles. The van der Waals surface area contributed by atoms with E-state index in [0.717, 1.165) is 15.6 Å². The molecule has 0 bridgehead atoms. The Bertz CT molecular complexity index is 1330. The number of anilines is 1. The van der Waals surface area contributed by atoms with Crippen molar-refractivity contribution in [1.29, 1.82) is 0 Å². The van der Waals surface area contributed by atoms with Crippen molar-refractivity contribution < 1.29 is 26.4 Å². The van der Waals surface area contributed by atoms with Gasteiger partial charge in [-0.15, -0.1) is 0 Å². The first-order chi connectivity index (χ1) is 15.0. The molecule has 0 saturated carbocycles. The van der Waals surface area contributed by atoms with Crippen LogP contribution in [0.5, 0.6) is 5.75 Å². The molecule has 1 N–H and O–H groups in total. The summed E-state index contributed by atoms with van der Waals surface area (Å²) in [6, 6.07) is 10.6. The number of carbonyl (C=O) groups excluding carboxylic acids is 1. The minimum atomic E-state index is -3.57. The highest BCUT2D eigenvalue weighted by molar-refractivity contribution is 7.91. The molecular formula is C20H23N3O6S3. The predicted molar refractivity (Wildman–Crippen MR) is 123 cm³/mol. The number of sulfone groups is 1. The molecule has 0 unspecified atom stereocenters. The van der Waals surface area contributed by atoms with Crippen molar-refractivity contribution in [1.82, 2.24) is 9.29 Å². The number of thiazole rings is 1. The summed E-state index contributed by atoms with van der Waals surface area (Å²) in [6.45, 7) is 0. The van der Waals surface area contributed by atoms with Gasteiger partial charge in [-0.05, 0) is 48.9 Å². The number of hydrogen-bond acceptors (Lipinski definition) is 8. The maximum Gasteiger partial charge on any atom is 0.242 e. The second-order valence-electron chi connectivity index (χ2n) is 7.08. The number of carbonyl (C=O) groups is 1. The first-order valence-electron chi connectivity index (χ1n) is 9.53. The van der Waals surface area contributed by atoms with Gasteiger partial charge in [0.15, 0.2) is 15.0 Å². The van der Waals surface area contributed by atoms with Gasteiger partial charge in [0.2, 0.25) is 15.9 Å². The van der Waals surface area contributed by atoms with Crippen molar-refractivity contribution in [3.8, 4) is 5.75 Å². The van der Waals surface area contributed by atoms with E-state index in [9.17, 15) is 21.6 Å². The first kappa shape index (κ1) is 24.1. The van der Waals surface area contributed by atoms with E-state index in [0.29, 0.717) is 21.1 Å². The second-order valence-corrected chi connectivity index (χ2v) is 12.4. The molecule has 3 rings (SSSR count). The molecular weight excluding hydrogens is 474 g/mol. The fourth-order valence-corrected chi connectivity index (χ4v) is 6.07. The third kappa shape index (κ3) is 5.44. The highest BCUT2D eigenvalue weighted by Crippen LogP contribution is 2.29. The lowest BCUT2D eigenvalue weighted by atomic mass is 10.3. The van der Waals surface area contributed by atoms with E-state index in [4.69, 9.17) is 4.74 Å². The highest BCUT2D eigenvalue weighted by Gasteiger charge is 2.19. The van der Waals surface area contributed by atoms with Gasteiger partial charge in [-0.25, -0.2) is 26.1 Å². The number of hydrogen-bond donors (Lipinski definition) is 1. The Kier molecular flexibility index (Phi) is 7.18. The van der Waals surface area contributed by atoms with Crippen molar-refractivity contribution in [3.05, 3.63) is 42.5 Å². The number of benzene rings is 2. The maximum absolute atomic E-state index is 12.4. The number of ether oxygens (including phenoxy) is 1. The number of fused-ring (bicyclic) bond motifs is 1. The Morgan fingerprint density at radius 3 is 2.34 bits per heavy atom. The van der Waals surface area contributed by atoms with E-state index in [1.54, 1.807) is 18.2 Å². The van der Waals surface area contributed by atoms with Crippen molar-refractivity contribution in [2.45, 2.75) is 22.6 Å². The fraction of sp³-hybridized carbons (Fsp3) is 0.300. The minimum Gasteiger partial charge on any atom is -0.497 e. The molecule has 0 atom stereocenters. The molecule has 0 aliphatic rings. The van der Waals surface area contributed by atoms with E-state index < -0.39 is 19.9 Å². The summed E-state index contributed by atoms with van der Waals surface area (Å²) in [5, 5.41) is 2.97. The van der Waals surface area contributed by atoms with Crippen molar-refractivity contribution >= 4 is 52.5 Å². The number of methoxy groups -OCH3 is 1. The topological polar surface area (TPSA) is 123 Å². The molecule has 0 fully saturated rings. The molecule has 0 aliphatic carbocycles. The number of amides is 1. The quantitative estimate of drug-likeness (QED) is 0.482. The van der Waals surface area contributed by atoms with Crippen LogP contribution in [0.4, 0.5) is 5.13 Å². The molecule has 32 heavy (non-hydrogen) atoms. The second kappa shape index (κ2) is 9.53. The number of rotatable bonds is 9. The van der Waals surface area contributed by atoms with Crippen LogP contribution >= 0.6 is 11.3 Å². The molecule has 172 valence electrons. The van der Waals surface area contributed by atoms with E-state index in [1.165, 1.54) is 45.5 Å². The van der Waals surface area contributed by atoms with Crippen LogP contribution in [-0.2, 0) is 24.7 Å². The van der Waals surface area contributed by atoms with Crippen LogP contribution in [-0.4, -0.2) is 59.0 Å². The molecule has 0 aliphatic heterocycles. The summed E-state index contributed by atoms with van der Waals surface area (Å²) >= 11 is 1.15. The monoisotopic (exact) mass is 497 g/mol. The lowest BCUT2D eigenvalue weighted by Crippen LogP contribution is -2.22. The molecule has 3 aromatic rings.